The van der Waals surface area contributed by atoms with Gasteiger partial charge in [-0.1, -0.05) is 36.6 Å². The van der Waals surface area contributed by atoms with Crippen LogP contribution < -0.4 is 10.1 Å². The van der Waals surface area contributed by atoms with Crippen LogP contribution in [0, 0.1) is 17.7 Å². The summed E-state index contributed by atoms with van der Waals surface area (Å²) in [7, 11) is 0. The first kappa shape index (κ1) is 26.5. The zero-order chi connectivity index (χ0) is 25.0. The summed E-state index contributed by atoms with van der Waals surface area (Å²) in [5, 5.41) is 7.53. The van der Waals surface area contributed by atoms with E-state index in [0.29, 0.717) is 30.5 Å². The van der Waals surface area contributed by atoms with E-state index >= 15 is 0 Å². The standard InChI is InChI=1S/C28H36FN3O3/c1-5-14-32(27(7-3)21(4)6-2)18-23-17-25(35-31-23)11-9-22-10-12-28(26(29)16-22)34-15-8-13-30-24-19-33-20-24/h5,10,12,14,16-17,24,30H,6-8,13,15,18-20H2,1-4H3/b14-5-,27-21+. The van der Waals surface area contributed by atoms with Gasteiger partial charge in [0.05, 0.1) is 32.4 Å². The maximum atomic E-state index is 14.4. The minimum absolute atomic E-state index is 0.232. The van der Waals surface area contributed by atoms with Gasteiger partial charge in [-0.25, -0.2) is 4.39 Å². The van der Waals surface area contributed by atoms with E-state index in [2.05, 4.69) is 54.2 Å². The minimum Gasteiger partial charge on any atom is -0.490 e. The molecule has 1 aliphatic heterocycles. The number of nitrogens with zero attached hydrogens (tertiary/aromatic N) is 2. The lowest BCUT2D eigenvalue weighted by molar-refractivity contribution is -0.00523. The molecule has 0 amide bonds. The molecule has 1 aliphatic rings. The predicted molar refractivity (Wildman–Crippen MR) is 135 cm³/mol. The fourth-order valence-corrected chi connectivity index (χ4v) is 3.74. The first-order valence-electron chi connectivity index (χ1n) is 12.3. The normalized spacial score (nSPS) is 14.3. The van der Waals surface area contributed by atoms with Crippen molar-refractivity contribution in [1.82, 2.24) is 15.4 Å². The Kier molecular flexibility index (Phi) is 10.4. The second-order valence-corrected chi connectivity index (χ2v) is 8.51. The molecule has 0 bridgehead atoms. The summed E-state index contributed by atoms with van der Waals surface area (Å²) in [6.45, 7) is 11.9. The molecule has 1 saturated heterocycles. The van der Waals surface area contributed by atoms with Crippen LogP contribution in [0.25, 0.3) is 0 Å². The van der Waals surface area contributed by atoms with Gasteiger partial charge in [0, 0.05) is 17.3 Å². The SMILES string of the molecule is C/C=C\N(Cc1cc(C#Cc2ccc(OCCCNC3COC3)c(F)c2)on1)/C(CC)=C(\C)CC. The largest absolute Gasteiger partial charge is 0.490 e. The average Bonchev–Trinajstić information content (AvgIpc) is 3.27. The summed E-state index contributed by atoms with van der Waals surface area (Å²) in [5.74, 6) is 6.13. The van der Waals surface area contributed by atoms with Gasteiger partial charge in [-0.3, -0.25) is 0 Å². The lowest BCUT2D eigenvalue weighted by Gasteiger charge is -2.26. The lowest BCUT2D eigenvalue weighted by atomic mass is 10.1. The van der Waals surface area contributed by atoms with Crippen LogP contribution in [0.1, 0.15) is 64.0 Å². The summed E-state index contributed by atoms with van der Waals surface area (Å²) >= 11 is 0. The van der Waals surface area contributed by atoms with Crippen molar-refractivity contribution in [1.29, 1.82) is 0 Å². The maximum absolute atomic E-state index is 14.4. The third-order valence-electron chi connectivity index (χ3n) is 5.84. The van der Waals surface area contributed by atoms with Crippen LogP contribution in [0.3, 0.4) is 0 Å². The predicted octanol–water partition coefficient (Wildman–Crippen LogP) is 5.40. The zero-order valence-electron chi connectivity index (χ0n) is 21.2. The van der Waals surface area contributed by atoms with E-state index in [-0.39, 0.29) is 5.75 Å². The molecule has 0 radical (unpaired) electrons. The second-order valence-electron chi connectivity index (χ2n) is 8.51. The molecule has 188 valence electrons. The Morgan fingerprint density at radius 1 is 1.26 bits per heavy atom. The molecule has 1 fully saturated rings. The monoisotopic (exact) mass is 481 g/mol. The minimum atomic E-state index is -0.428. The number of hydrogen-bond acceptors (Lipinski definition) is 6. The Labute approximate surface area is 208 Å². The van der Waals surface area contributed by atoms with Gasteiger partial charge in [0.15, 0.2) is 11.6 Å². The molecular weight excluding hydrogens is 445 g/mol. The van der Waals surface area contributed by atoms with Crippen LogP contribution in [0.2, 0.25) is 0 Å². The number of halogens is 1. The van der Waals surface area contributed by atoms with Gasteiger partial charge in [0.25, 0.3) is 0 Å². The van der Waals surface area contributed by atoms with Gasteiger partial charge in [0.1, 0.15) is 5.69 Å². The van der Waals surface area contributed by atoms with E-state index in [1.807, 2.05) is 19.1 Å². The molecule has 35 heavy (non-hydrogen) atoms. The Morgan fingerprint density at radius 2 is 2.09 bits per heavy atom. The van der Waals surface area contributed by atoms with Crippen molar-refractivity contribution in [3.63, 3.8) is 0 Å². The maximum Gasteiger partial charge on any atom is 0.210 e. The van der Waals surface area contributed by atoms with Crippen molar-refractivity contribution in [2.24, 2.45) is 0 Å². The summed E-state index contributed by atoms with van der Waals surface area (Å²) in [5.41, 5.74) is 3.97. The van der Waals surface area contributed by atoms with Gasteiger partial charge < -0.3 is 24.2 Å². The van der Waals surface area contributed by atoms with Gasteiger partial charge in [-0.2, -0.15) is 0 Å². The average molecular weight is 482 g/mol. The fourth-order valence-electron chi connectivity index (χ4n) is 3.74. The number of nitrogens with one attached hydrogen (secondary N) is 1. The topological polar surface area (TPSA) is 59.8 Å². The van der Waals surface area contributed by atoms with Crippen LogP contribution in [-0.4, -0.2) is 42.5 Å². The molecule has 6 nitrogen and oxygen atoms in total. The van der Waals surface area contributed by atoms with E-state index < -0.39 is 5.82 Å². The summed E-state index contributed by atoms with van der Waals surface area (Å²) in [4.78, 5) is 2.19. The molecule has 3 rings (SSSR count). The third-order valence-corrected chi connectivity index (χ3v) is 5.84. The highest BCUT2D eigenvalue weighted by Gasteiger charge is 2.16. The number of aromatic nitrogens is 1. The highest BCUT2D eigenvalue weighted by Crippen LogP contribution is 2.21. The smallest absolute Gasteiger partial charge is 0.210 e. The number of ether oxygens (including phenoxy) is 2. The molecule has 2 aromatic rings. The molecule has 0 unspecified atom stereocenters. The number of allylic oxidation sites excluding steroid dienone is 3. The summed E-state index contributed by atoms with van der Waals surface area (Å²) in [6, 6.07) is 7.00. The zero-order valence-corrected chi connectivity index (χ0v) is 21.2. The molecule has 7 heteroatoms. The van der Waals surface area contributed by atoms with Gasteiger partial charge in [-0.05, 0) is 70.0 Å². The molecule has 1 aromatic heterocycles. The van der Waals surface area contributed by atoms with E-state index in [0.717, 1.165) is 44.7 Å². The Balaban J connectivity index is 1.56. The molecule has 0 saturated carbocycles. The van der Waals surface area contributed by atoms with E-state index in [9.17, 15) is 4.39 Å². The molecule has 0 aliphatic carbocycles. The first-order valence-corrected chi connectivity index (χ1v) is 12.3. The molecular formula is C28H36FN3O3. The number of benzene rings is 1. The van der Waals surface area contributed by atoms with Crippen molar-refractivity contribution >= 4 is 0 Å². The highest BCUT2D eigenvalue weighted by atomic mass is 19.1. The second kappa shape index (κ2) is 13.7. The third kappa shape index (κ3) is 7.98. The highest BCUT2D eigenvalue weighted by molar-refractivity contribution is 5.42. The Hall–Kier alpha value is -3.08. The quantitative estimate of drug-likeness (QED) is 0.324. The van der Waals surface area contributed by atoms with Crippen LogP contribution >= 0.6 is 0 Å². The Morgan fingerprint density at radius 3 is 2.74 bits per heavy atom. The molecule has 0 atom stereocenters. The van der Waals surface area contributed by atoms with Crippen molar-refractivity contribution in [3.05, 3.63) is 70.6 Å². The van der Waals surface area contributed by atoms with Crippen LogP contribution in [0.5, 0.6) is 5.75 Å². The van der Waals surface area contributed by atoms with Gasteiger partial charge in [-0.15, -0.1) is 0 Å². The van der Waals surface area contributed by atoms with E-state index in [1.165, 1.54) is 17.3 Å². The van der Waals surface area contributed by atoms with Crippen LogP contribution in [-0.2, 0) is 11.3 Å². The van der Waals surface area contributed by atoms with Gasteiger partial charge in [0.2, 0.25) is 5.76 Å². The number of rotatable bonds is 12. The summed E-state index contributed by atoms with van der Waals surface area (Å²) in [6.07, 6.45) is 6.81. The van der Waals surface area contributed by atoms with Crippen LogP contribution in [0.15, 0.2) is 52.3 Å². The lowest BCUT2D eigenvalue weighted by Crippen LogP contribution is -2.46. The Bertz CT molecular complexity index is 1080. The van der Waals surface area contributed by atoms with Crippen molar-refractivity contribution in [2.75, 3.05) is 26.4 Å². The van der Waals surface area contributed by atoms with Crippen LogP contribution in [0.4, 0.5) is 4.39 Å². The van der Waals surface area contributed by atoms with Crippen molar-refractivity contribution < 1.29 is 18.4 Å². The van der Waals surface area contributed by atoms with Crippen molar-refractivity contribution in [3.8, 4) is 17.6 Å². The fraction of sp³-hybridized carbons (Fsp3) is 0.464. The number of hydrogen-bond donors (Lipinski definition) is 1. The molecule has 0 spiro atoms. The molecule has 2 heterocycles. The molecule has 1 aromatic carbocycles. The van der Waals surface area contributed by atoms with Crippen molar-refractivity contribution in [2.45, 2.75) is 59.5 Å². The first-order chi connectivity index (χ1) is 17.0. The van der Waals surface area contributed by atoms with Gasteiger partial charge >= 0.3 is 0 Å². The molecule has 1 N–H and O–H groups in total. The van der Waals surface area contributed by atoms with E-state index in [4.69, 9.17) is 14.0 Å². The van der Waals surface area contributed by atoms with E-state index in [1.54, 1.807) is 12.1 Å². The summed E-state index contributed by atoms with van der Waals surface area (Å²) < 4.78 is 30.5.